The SMILES string of the molecule is Cc1ccc(CNc2nc3ccccn3c2C(=O)O)s1. The third-order valence-electron chi connectivity index (χ3n) is 2.96. The van der Waals surface area contributed by atoms with E-state index in [1.165, 1.54) is 4.88 Å². The first kappa shape index (κ1) is 12.7. The lowest BCUT2D eigenvalue weighted by Gasteiger charge is -2.02. The predicted octanol–water partition coefficient (Wildman–Crippen LogP) is 3.01. The van der Waals surface area contributed by atoms with Gasteiger partial charge in [-0.25, -0.2) is 9.78 Å². The summed E-state index contributed by atoms with van der Waals surface area (Å²) in [6.07, 6.45) is 1.70. The molecule has 5 nitrogen and oxygen atoms in total. The fraction of sp³-hybridized carbons (Fsp3) is 0.143. The molecule has 0 fully saturated rings. The van der Waals surface area contributed by atoms with Crippen molar-refractivity contribution in [2.75, 3.05) is 5.32 Å². The van der Waals surface area contributed by atoms with Gasteiger partial charge in [0.1, 0.15) is 5.65 Å². The van der Waals surface area contributed by atoms with Gasteiger partial charge in [-0.2, -0.15) is 0 Å². The molecule has 0 saturated carbocycles. The number of pyridine rings is 1. The molecule has 3 aromatic rings. The van der Waals surface area contributed by atoms with Crippen LogP contribution in [0.4, 0.5) is 5.82 Å². The summed E-state index contributed by atoms with van der Waals surface area (Å²) in [6.45, 7) is 2.62. The van der Waals surface area contributed by atoms with Gasteiger partial charge in [0.15, 0.2) is 11.5 Å². The monoisotopic (exact) mass is 287 g/mol. The van der Waals surface area contributed by atoms with Crippen LogP contribution < -0.4 is 5.32 Å². The smallest absolute Gasteiger partial charge is 0.356 e. The maximum atomic E-state index is 11.4. The van der Waals surface area contributed by atoms with E-state index < -0.39 is 5.97 Å². The molecule has 0 aliphatic carbocycles. The minimum Gasteiger partial charge on any atom is -0.476 e. The van der Waals surface area contributed by atoms with E-state index >= 15 is 0 Å². The highest BCUT2D eigenvalue weighted by Crippen LogP contribution is 2.20. The van der Waals surface area contributed by atoms with E-state index in [0.717, 1.165) is 4.88 Å². The average molecular weight is 287 g/mol. The van der Waals surface area contributed by atoms with Crippen LogP contribution in [0.3, 0.4) is 0 Å². The first-order valence-electron chi connectivity index (χ1n) is 6.15. The van der Waals surface area contributed by atoms with Gasteiger partial charge in [0.25, 0.3) is 0 Å². The normalized spacial score (nSPS) is 10.8. The summed E-state index contributed by atoms with van der Waals surface area (Å²) in [6, 6.07) is 9.48. The van der Waals surface area contributed by atoms with Crippen LogP contribution in [0.15, 0.2) is 36.5 Å². The number of hydrogen-bond acceptors (Lipinski definition) is 4. The molecular weight excluding hydrogens is 274 g/mol. The van der Waals surface area contributed by atoms with Gasteiger partial charge in [0, 0.05) is 16.0 Å². The number of nitrogens with zero attached hydrogens (tertiary/aromatic N) is 2. The Balaban J connectivity index is 1.94. The van der Waals surface area contributed by atoms with E-state index in [2.05, 4.69) is 10.3 Å². The first-order valence-corrected chi connectivity index (χ1v) is 6.96. The lowest BCUT2D eigenvalue weighted by Crippen LogP contribution is -2.07. The van der Waals surface area contributed by atoms with Crippen LogP contribution in [0.2, 0.25) is 0 Å². The fourth-order valence-corrected chi connectivity index (χ4v) is 2.90. The van der Waals surface area contributed by atoms with Gasteiger partial charge < -0.3 is 10.4 Å². The molecule has 3 rings (SSSR count). The third-order valence-corrected chi connectivity index (χ3v) is 3.96. The number of aryl methyl sites for hydroxylation is 1. The van der Waals surface area contributed by atoms with E-state index in [9.17, 15) is 9.90 Å². The number of carboxylic acid groups (broad SMARTS) is 1. The van der Waals surface area contributed by atoms with Crippen LogP contribution in [0.5, 0.6) is 0 Å². The lowest BCUT2D eigenvalue weighted by molar-refractivity contribution is 0.0690. The number of aromatic carboxylic acids is 1. The summed E-state index contributed by atoms with van der Waals surface area (Å²) in [5, 5.41) is 12.5. The molecule has 0 unspecified atom stereocenters. The first-order chi connectivity index (χ1) is 9.65. The Hall–Kier alpha value is -2.34. The molecule has 0 aliphatic rings. The van der Waals surface area contributed by atoms with Crippen molar-refractivity contribution in [2.45, 2.75) is 13.5 Å². The zero-order valence-corrected chi connectivity index (χ0v) is 11.6. The highest BCUT2D eigenvalue weighted by molar-refractivity contribution is 7.11. The summed E-state index contributed by atoms with van der Waals surface area (Å²) >= 11 is 1.68. The quantitative estimate of drug-likeness (QED) is 0.774. The number of fused-ring (bicyclic) bond motifs is 1. The Morgan fingerprint density at radius 3 is 2.95 bits per heavy atom. The van der Waals surface area contributed by atoms with Crippen molar-refractivity contribution in [1.82, 2.24) is 9.38 Å². The molecule has 0 aliphatic heterocycles. The molecule has 0 spiro atoms. The second kappa shape index (κ2) is 4.97. The number of hydrogen-bond donors (Lipinski definition) is 2. The molecule has 20 heavy (non-hydrogen) atoms. The van der Waals surface area contributed by atoms with Gasteiger partial charge >= 0.3 is 5.97 Å². The van der Waals surface area contributed by atoms with Crippen LogP contribution in [-0.4, -0.2) is 20.5 Å². The zero-order chi connectivity index (χ0) is 14.1. The van der Waals surface area contributed by atoms with Gasteiger partial charge in [-0.3, -0.25) is 4.40 Å². The zero-order valence-electron chi connectivity index (χ0n) is 10.8. The van der Waals surface area contributed by atoms with Gasteiger partial charge in [0.05, 0.1) is 6.54 Å². The van der Waals surface area contributed by atoms with Crippen LogP contribution in [-0.2, 0) is 6.54 Å². The highest BCUT2D eigenvalue weighted by Gasteiger charge is 2.18. The molecule has 3 heterocycles. The molecule has 6 heteroatoms. The van der Waals surface area contributed by atoms with Gasteiger partial charge in [-0.1, -0.05) is 6.07 Å². The van der Waals surface area contributed by atoms with Crippen molar-refractivity contribution in [3.05, 3.63) is 52.0 Å². The molecule has 0 bridgehead atoms. The van der Waals surface area contributed by atoms with Crippen molar-refractivity contribution >= 4 is 28.8 Å². The summed E-state index contributed by atoms with van der Waals surface area (Å²) in [7, 11) is 0. The van der Waals surface area contributed by atoms with Crippen molar-refractivity contribution in [2.24, 2.45) is 0 Å². The average Bonchev–Trinajstić information content (AvgIpc) is 2.99. The van der Waals surface area contributed by atoms with Crippen LogP contribution in [0.25, 0.3) is 5.65 Å². The molecule has 0 saturated heterocycles. The predicted molar refractivity (Wildman–Crippen MR) is 78.5 cm³/mol. The Bertz CT molecular complexity index is 776. The van der Waals surface area contributed by atoms with Crippen LogP contribution in [0, 0.1) is 6.92 Å². The second-order valence-corrected chi connectivity index (χ2v) is 5.78. The Morgan fingerprint density at radius 1 is 1.40 bits per heavy atom. The van der Waals surface area contributed by atoms with E-state index in [-0.39, 0.29) is 5.69 Å². The topological polar surface area (TPSA) is 66.6 Å². The number of aromatic nitrogens is 2. The molecular formula is C14H13N3O2S. The number of carboxylic acids is 1. The number of nitrogens with one attached hydrogen (secondary N) is 1. The Labute approximate surface area is 119 Å². The Kier molecular flexibility index (Phi) is 3.15. The summed E-state index contributed by atoms with van der Waals surface area (Å²) < 4.78 is 1.57. The summed E-state index contributed by atoms with van der Waals surface area (Å²) in [5.41, 5.74) is 0.781. The van der Waals surface area contributed by atoms with E-state index in [1.807, 2.05) is 25.1 Å². The van der Waals surface area contributed by atoms with Gasteiger partial charge in [0.2, 0.25) is 0 Å². The highest BCUT2D eigenvalue weighted by atomic mass is 32.1. The van der Waals surface area contributed by atoms with Crippen molar-refractivity contribution in [3.8, 4) is 0 Å². The molecule has 0 atom stereocenters. The van der Waals surface area contributed by atoms with Crippen LogP contribution in [0.1, 0.15) is 20.2 Å². The number of rotatable bonds is 4. The van der Waals surface area contributed by atoms with Crippen molar-refractivity contribution in [1.29, 1.82) is 0 Å². The van der Waals surface area contributed by atoms with E-state index in [0.29, 0.717) is 18.0 Å². The van der Waals surface area contributed by atoms with Crippen molar-refractivity contribution in [3.63, 3.8) is 0 Å². The number of carbonyl (C=O) groups is 1. The maximum Gasteiger partial charge on any atom is 0.356 e. The molecule has 102 valence electrons. The number of anilines is 1. The molecule has 2 N–H and O–H groups in total. The summed E-state index contributed by atoms with van der Waals surface area (Å²) in [4.78, 5) is 18.1. The van der Waals surface area contributed by atoms with Gasteiger partial charge in [-0.15, -0.1) is 11.3 Å². The van der Waals surface area contributed by atoms with E-state index in [4.69, 9.17) is 0 Å². The van der Waals surface area contributed by atoms with Gasteiger partial charge in [-0.05, 0) is 31.2 Å². The Morgan fingerprint density at radius 2 is 2.25 bits per heavy atom. The van der Waals surface area contributed by atoms with E-state index in [1.54, 1.807) is 34.1 Å². The minimum absolute atomic E-state index is 0.161. The maximum absolute atomic E-state index is 11.4. The fourth-order valence-electron chi connectivity index (χ4n) is 2.07. The molecule has 0 amide bonds. The largest absolute Gasteiger partial charge is 0.476 e. The number of imidazole rings is 1. The minimum atomic E-state index is -0.992. The molecule has 3 aromatic heterocycles. The second-order valence-electron chi connectivity index (χ2n) is 4.41. The van der Waals surface area contributed by atoms with Crippen LogP contribution >= 0.6 is 11.3 Å². The standard InChI is InChI=1S/C14H13N3O2S/c1-9-5-6-10(20-9)8-15-13-12(14(18)19)17-7-3-2-4-11(17)16-13/h2-7,15H,8H2,1H3,(H,18,19). The molecule has 0 radical (unpaired) electrons. The third kappa shape index (κ3) is 2.25. The number of thiophene rings is 1. The summed E-state index contributed by atoms with van der Waals surface area (Å²) in [5.74, 6) is -0.594. The van der Waals surface area contributed by atoms with Crippen molar-refractivity contribution < 1.29 is 9.90 Å². The molecule has 0 aromatic carbocycles. The lowest BCUT2D eigenvalue weighted by atomic mass is 10.4.